The number of methoxy groups -OCH3 is 1. The number of halogens is 3. The molecule has 1 atom stereocenters. The molecule has 0 unspecified atom stereocenters. The summed E-state index contributed by atoms with van der Waals surface area (Å²) in [6, 6.07) is 7.51. The first kappa shape index (κ1) is 23.1. The number of thiophene rings is 1. The van der Waals surface area contributed by atoms with Crippen LogP contribution in [0, 0.1) is 6.92 Å². The van der Waals surface area contributed by atoms with Crippen molar-refractivity contribution >= 4 is 28.8 Å². The minimum atomic E-state index is -5.15. The highest BCUT2D eigenvalue weighted by atomic mass is 32.1. The van der Waals surface area contributed by atoms with Crippen molar-refractivity contribution in [2.45, 2.75) is 57.3 Å². The third-order valence-electron chi connectivity index (χ3n) is 5.28. The van der Waals surface area contributed by atoms with E-state index >= 15 is 0 Å². The van der Waals surface area contributed by atoms with Gasteiger partial charge in [-0.15, -0.1) is 11.3 Å². The third-order valence-corrected chi connectivity index (χ3v) is 6.33. The first-order valence-electron chi connectivity index (χ1n) is 10.1. The van der Waals surface area contributed by atoms with Crippen molar-refractivity contribution in [1.29, 1.82) is 0 Å². The Kier molecular flexibility index (Phi) is 7.25. The molecule has 1 fully saturated rings. The van der Waals surface area contributed by atoms with E-state index in [1.54, 1.807) is 25.1 Å². The second-order valence-corrected chi connectivity index (χ2v) is 8.89. The highest BCUT2D eigenvalue weighted by molar-refractivity contribution is 7.12. The molecule has 1 aromatic carbocycles. The molecule has 2 aromatic rings. The average molecular weight is 455 g/mol. The minimum absolute atomic E-state index is 0.0588. The molecule has 0 radical (unpaired) electrons. The second-order valence-electron chi connectivity index (χ2n) is 7.57. The number of hydrogen-bond donors (Lipinski definition) is 1. The van der Waals surface area contributed by atoms with Crippen LogP contribution >= 0.6 is 11.3 Å². The minimum Gasteiger partial charge on any atom is -0.497 e. The van der Waals surface area contributed by atoms with Crippen molar-refractivity contribution in [3.8, 4) is 5.75 Å². The van der Waals surface area contributed by atoms with Gasteiger partial charge >= 0.3 is 12.1 Å². The van der Waals surface area contributed by atoms with E-state index in [2.05, 4.69) is 5.32 Å². The molecule has 0 spiro atoms. The molecule has 31 heavy (non-hydrogen) atoms. The number of nitrogens with one attached hydrogen (secondary N) is 1. The van der Waals surface area contributed by atoms with Gasteiger partial charge in [-0.2, -0.15) is 13.2 Å². The van der Waals surface area contributed by atoms with Gasteiger partial charge in [-0.1, -0.05) is 25.3 Å². The van der Waals surface area contributed by atoms with Gasteiger partial charge in [-0.3, -0.25) is 14.5 Å². The Labute approximate surface area is 183 Å². The molecule has 1 aromatic heterocycles. The van der Waals surface area contributed by atoms with E-state index in [4.69, 9.17) is 4.74 Å². The molecule has 0 bridgehead atoms. The van der Waals surface area contributed by atoms with E-state index < -0.39 is 24.0 Å². The van der Waals surface area contributed by atoms with E-state index in [0.717, 1.165) is 37.0 Å². The Morgan fingerprint density at radius 1 is 1.16 bits per heavy atom. The molecule has 1 aliphatic carbocycles. The summed E-state index contributed by atoms with van der Waals surface area (Å²) in [7, 11) is 1.38. The average Bonchev–Trinajstić information content (AvgIpc) is 3.17. The fraction of sp³-hybridized carbons (Fsp3) is 0.455. The van der Waals surface area contributed by atoms with Gasteiger partial charge in [0.1, 0.15) is 5.75 Å². The Morgan fingerprint density at radius 2 is 1.87 bits per heavy atom. The van der Waals surface area contributed by atoms with Crippen LogP contribution in [0.1, 0.15) is 47.9 Å². The second kappa shape index (κ2) is 9.72. The highest BCUT2D eigenvalue weighted by Crippen LogP contribution is 2.37. The molecular formula is C22H25F3N2O3S. The van der Waals surface area contributed by atoms with Crippen molar-refractivity contribution < 1.29 is 27.5 Å². The molecule has 2 amide bonds. The lowest BCUT2D eigenvalue weighted by Gasteiger charge is -2.33. The third kappa shape index (κ3) is 5.58. The highest BCUT2D eigenvalue weighted by Gasteiger charge is 2.48. The Hall–Kier alpha value is -2.55. The molecule has 0 aliphatic heterocycles. The number of nitrogens with zero attached hydrogens (tertiary/aromatic N) is 1. The molecule has 1 heterocycles. The van der Waals surface area contributed by atoms with Crippen LogP contribution in [-0.4, -0.2) is 31.1 Å². The number of alkyl halides is 3. The fourth-order valence-corrected chi connectivity index (χ4v) is 4.75. The van der Waals surface area contributed by atoms with E-state index in [-0.39, 0.29) is 17.5 Å². The lowest BCUT2D eigenvalue weighted by molar-refractivity contribution is -0.171. The smallest absolute Gasteiger partial charge is 0.471 e. The molecule has 0 saturated heterocycles. The lowest BCUT2D eigenvalue weighted by atomic mass is 9.95. The fourth-order valence-electron chi connectivity index (χ4n) is 3.78. The molecule has 1 aliphatic rings. The maximum absolute atomic E-state index is 13.6. The van der Waals surface area contributed by atoms with E-state index in [1.165, 1.54) is 36.6 Å². The van der Waals surface area contributed by atoms with Gasteiger partial charge in [-0.25, -0.2) is 0 Å². The van der Waals surface area contributed by atoms with Gasteiger partial charge in [0.25, 0.3) is 0 Å². The van der Waals surface area contributed by atoms with Gasteiger partial charge in [0.2, 0.25) is 5.91 Å². The number of carbonyl (C=O) groups is 2. The van der Waals surface area contributed by atoms with Crippen molar-refractivity contribution in [1.82, 2.24) is 5.32 Å². The first-order chi connectivity index (χ1) is 14.7. The van der Waals surface area contributed by atoms with Crippen LogP contribution in [0.25, 0.3) is 0 Å². The predicted molar refractivity (Wildman–Crippen MR) is 113 cm³/mol. The number of carbonyl (C=O) groups excluding carboxylic acids is 2. The summed E-state index contributed by atoms with van der Waals surface area (Å²) in [5.74, 6) is -2.43. The number of benzene rings is 1. The van der Waals surface area contributed by atoms with Gasteiger partial charge in [0.05, 0.1) is 7.11 Å². The maximum atomic E-state index is 13.6. The summed E-state index contributed by atoms with van der Waals surface area (Å²) in [5, 5.41) is 2.89. The van der Waals surface area contributed by atoms with Crippen molar-refractivity contribution in [3.05, 3.63) is 46.2 Å². The predicted octanol–water partition coefficient (Wildman–Crippen LogP) is 5.15. The summed E-state index contributed by atoms with van der Waals surface area (Å²) >= 11 is 1.19. The molecule has 168 valence electrons. The number of rotatable bonds is 6. The van der Waals surface area contributed by atoms with Crippen LogP contribution < -0.4 is 15.0 Å². The topological polar surface area (TPSA) is 58.6 Å². The number of anilines is 1. The van der Waals surface area contributed by atoms with Gasteiger partial charge in [-0.05, 0) is 44.0 Å². The van der Waals surface area contributed by atoms with Gasteiger partial charge < -0.3 is 10.1 Å². The molecule has 9 heteroatoms. The molecule has 1 saturated carbocycles. The van der Waals surface area contributed by atoms with Crippen LogP contribution in [0.3, 0.4) is 0 Å². The van der Waals surface area contributed by atoms with Crippen LogP contribution in [0.15, 0.2) is 36.4 Å². The van der Waals surface area contributed by atoms with Crippen LogP contribution in [-0.2, 0) is 9.59 Å². The van der Waals surface area contributed by atoms with Crippen molar-refractivity contribution in [3.63, 3.8) is 0 Å². The Bertz CT molecular complexity index is 923. The van der Waals surface area contributed by atoms with Crippen LogP contribution in [0.4, 0.5) is 18.9 Å². The maximum Gasteiger partial charge on any atom is 0.471 e. The van der Waals surface area contributed by atoms with Crippen LogP contribution in [0.5, 0.6) is 5.75 Å². The summed E-state index contributed by atoms with van der Waals surface area (Å²) in [6.07, 6.45) is -0.632. The Morgan fingerprint density at radius 3 is 2.45 bits per heavy atom. The largest absolute Gasteiger partial charge is 0.497 e. The summed E-state index contributed by atoms with van der Waals surface area (Å²) < 4.78 is 46.0. The van der Waals surface area contributed by atoms with Crippen molar-refractivity contribution in [2.75, 3.05) is 12.0 Å². The number of ether oxygens (including phenoxy) is 1. The van der Waals surface area contributed by atoms with E-state index in [0.29, 0.717) is 9.78 Å². The molecular weight excluding hydrogens is 429 g/mol. The number of hydrogen-bond acceptors (Lipinski definition) is 4. The summed E-state index contributed by atoms with van der Waals surface area (Å²) in [4.78, 5) is 27.6. The normalized spacial score (nSPS) is 15.9. The zero-order valence-electron chi connectivity index (χ0n) is 17.4. The molecule has 3 rings (SSSR count). The monoisotopic (exact) mass is 454 g/mol. The number of amides is 2. The lowest BCUT2D eigenvalue weighted by Crippen LogP contribution is -2.50. The van der Waals surface area contributed by atoms with Crippen LogP contribution in [0.2, 0.25) is 0 Å². The van der Waals surface area contributed by atoms with Gasteiger partial charge in [0.15, 0.2) is 6.04 Å². The number of aryl methyl sites for hydroxylation is 1. The summed E-state index contributed by atoms with van der Waals surface area (Å²) in [6.45, 7) is 1.80. The van der Waals surface area contributed by atoms with E-state index in [1.807, 2.05) is 0 Å². The standard InChI is InChI=1S/C22H25F3N2O3S/c1-14-11-12-18(31-14)19(20(28)26-15-7-4-3-5-8-15)27(21(29)22(23,24)25)16-9-6-10-17(13-16)30-2/h6,9-13,15,19H,3-5,7-8H2,1-2H3,(H,26,28)/t19-/m0/s1. The quantitative estimate of drug-likeness (QED) is 0.657. The Balaban J connectivity index is 2.07. The van der Waals surface area contributed by atoms with Crippen molar-refractivity contribution in [2.24, 2.45) is 0 Å². The zero-order valence-corrected chi connectivity index (χ0v) is 18.2. The molecule has 5 nitrogen and oxygen atoms in total. The molecule has 1 N–H and O–H groups in total. The SMILES string of the molecule is COc1cccc(N(C(=O)C(F)(F)F)[C@H](C(=O)NC2CCCCC2)c2ccc(C)s2)c1. The summed E-state index contributed by atoms with van der Waals surface area (Å²) in [5.41, 5.74) is -0.0588. The first-order valence-corrected chi connectivity index (χ1v) is 10.9. The van der Waals surface area contributed by atoms with E-state index in [9.17, 15) is 22.8 Å². The van der Waals surface area contributed by atoms with Gasteiger partial charge in [0, 0.05) is 27.5 Å². The zero-order chi connectivity index (χ0) is 22.6.